The summed E-state index contributed by atoms with van der Waals surface area (Å²) in [5, 5.41) is 24.9. The van der Waals surface area contributed by atoms with E-state index in [1.165, 1.54) is 31.4 Å². The monoisotopic (exact) mass is 429 g/mol. The highest BCUT2D eigenvalue weighted by Crippen LogP contribution is 2.29. The molecule has 0 bridgehead atoms. The normalized spacial score (nSPS) is 15.2. The number of ether oxygens (including phenoxy) is 1. The van der Waals surface area contributed by atoms with Gasteiger partial charge in [0.2, 0.25) is 5.91 Å². The summed E-state index contributed by atoms with van der Waals surface area (Å²) in [6, 6.07) is 10.2. The Bertz CT molecular complexity index is 990. The third-order valence-corrected chi connectivity index (χ3v) is 5.31. The molecule has 0 saturated carbocycles. The van der Waals surface area contributed by atoms with Gasteiger partial charge in [0.05, 0.1) is 29.1 Å². The topological polar surface area (TPSA) is 131 Å². The molecule has 164 valence electrons. The molecule has 1 atom stereocenters. The van der Waals surface area contributed by atoms with E-state index in [-0.39, 0.29) is 23.0 Å². The van der Waals surface area contributed by atoms with Crippen LogP contribution in [0.1, 0.15) is 6.92 Å². The molecule has 2 aromatic rings. The van der Waals surface area contributed by atoms with E-state index in [4.69, 9.17) is 4.74 Å². The molecule has 1 aliphatic heterocycles. The predicted octanol–water partition coefficient (Wildman–Crippen LogP) is 2.66. The second-order valence-electron chi connectivity index (χ2n) is 7.11. The van der Waals surface area contributed by atoms with Crippen molar-refractivity contribution in [2.45, 2.75) is 13.0 Å². The SMILES string of the molecule is COc1ccc(NC(=O)C(C)N2CCN(c3cccc([N+](=O)[O-])c3)CC2)c([N+](=O)[O-])c1. The Labute approximate surface area is 178 Å². The van der Waals surface area contributed by atoms with E-state index in [1.807, 2.05) is 15.9 Å². The summed E-state index contributed by atoms with van der Waals surface area (Å²) in [6.07, 6.45) is 0. The van der Waals surface area contributed by atoms with Gasteiger partial charge in [-0.05, 0) is 25.1 Å². The van der Waals surface area contributed by atoms with E-state index in [0.29, 0.717) is 31.9 Å². The third-order valence-electron chi connectivity index (χ3n) is 5.31. The highest BCUT2D eigenvalue weighted by atomic mass is 16.6. The first-order chi connectivity index (χ1) is 14.8. The smallest absolute Gasteiger partial charge is 0.296 e. The number of benzene rings is 2. The van der Waals surface area contributed by atoms with E-state index in [9.17, 15) is 25.0 Å². The van der Waals surface area contributed by atoms with Gasteiger partial charge in [-0.2, -0.15) is 0 Å². The van der Waals surface area contributed by atoms with Gasteiger partial charge in [-0.3, -0.25) is 29.9 Å². The first kappa shape index (κ1) is 22.0. The van der Waals surface area contributed by atoms with Gasteiger partial charge in [0, 0.05) is 44.0 Å². The molecule has 1 saturated heterocycles. The maximum Gasteiger partial charge on any atom is 0.296 e. The van der Waals surface area contributed by atoms with Crippen LogP contribution >= 0.6 is 0 Å². The number of anilines is 2. The number of methoxy groups -OCH3 is 1. The summed E-state index contributed by atoms with van der Waals surface area (Å²) in [4.78, 5) is 38.0. The van der Waals surface area contributed by atoms with Crippen molar-refractivity contribution in [2.24, 2.45) is 0 Å². The van der Waals surface area contributed by atoms with Crippen LogP contribution in [0.3, 0.4) is 0 Å². The summed E-state index contributed by atoms with van der Waals surface area (Å²) in [6.45, 7) is 4.08. The number of hydrogen-bond acceptors (Lipinski definition) is 8. The number of nitrogens with zero attached hydrogens (tertiary/aromatic N) is 4. The highest BCUT2D eigenvalue weighted by Gasteiger charge is 2.27. The largest absolute Gasteiger partial charge is 0.496 e. The lowest BCUT2D eigenvalue weighted by Gasteiger charge is -2.38. The second kappa shape index (κ2) is 9.39. The maximum absolute atomic E-state index is 12.7. The summed E-state index contributed by atoms with van der Waals surface area (Å²) >= 11 is 0. The number of carbonyl (C=O) groups excluding carboxylic acids is 1. The molecular formula is C20H23N5O6. The van der Waals surface area contributed by atoms with Crippen molar-refractivity contribution < 1.29 is 19.4 Å². The van der Waals surface area contributed by atoms with Gasteiger partial charge in [0.1, 0.15) is 11.4 Å². The number of amides is 1. The zero-order chi connectivity index (χ0) is 22.5. The standard InChI is InChI=1S/C20H23N5O6/c1-14(20(26)21-18-7-6-17(31-2)13-19(18)25(29)30)22-8-10-23(11-9-22)15-4-3-5-16(12-15)24(27)28/h3-7,12-14H,8-11H2,1-2H3,(H,21,26). The zero-order valence-corrected chi connectivity index (χ0v) is 17.2. The molecule has 0 aliphatic carbocycles. The van der Waals surface area contributed by atoms with Crippen molar-refractivity contribution in [1.29, 1.82) is 0 Å². The molecule has 0 spiro atoms. The number of nitro groups is 2. The van der Waals surface area contributed by atoms with Gasteiger partial charge in [0.15, 0.2) is 0 Å². The van der Waals surface area contributed by atoms with Crippen molar-refractivity contribution in [2.75, 3.05) is 43.5 Å². The van der Waals surface area contributed by atoms with Crippen LogP contribution in [0.2, 0.25) is 0 Å². The summed E-state index contributed by atoms with van der Waals surface area (Å²) in [5.74, 6) is -0.0212. The highest BCUT2D eigenvalue weighted by molar-refractivity contribution is 5.96. The molecule has 11 nitrogen and oxygen atoms in total. The summed E-state index contributed by atoms with van der Waals surface area (Å²) in [5.41, 5.74) is 0.668. The van der Waals surface area contributed by atoms with Gasteiger partial charge in [-0.15, -0.1) is 0 Å². The van der Waals surface area contributed by atoms with Crippen LogP contribution in [-0.4, -0.2) is 60.0 Å². The molecule has 1 amide bonds. The van der Waals surface area contributed by atoms with Gasteiger partial charge in [0.25, 0.3) is 11.4 Å². The number of piperazine rings is 1. The third kappa shape index (κ3) is 5.07. The second-order valence-corrected chi connectivity index (χ2v) is 7.11. The first-order valence-electron chi connectivity index (χ1n) is 9.67. The lowest BCUT2D eigenvalue weighted by Crippen LogP contribution is -2.52. The van der Waals surface area contributed by atoms with Crippen LogP contribution < -0.4 is 15.0 Å². The Morgan fingerprint density at radius 1 is 1.06 bits per heavy atom. The molecule has 0 radical (unpaired) electrons. The Morgan fingerprint density at radius 3 is 2.39 bits per heavy atom. The summed E-state index contributed by atoms with van der Waals surface area (Å²) < 4.78 is 5.01. The quantitative estimate of drug-likeness (QED) is 0.525. The minimum atomic E-state index is -0.569. The maximum atomic E-state index is 12.7. The average molecular weight is 429 g/mol. The molecule has 1 aliphatic rings. The van der Waals surface area contributed by atoms with Crippen molar-refractivity contribution in [1.82, 2.24) is 4.90 Å². The van der Waals surface area contributed by atoms with Crippen LogP contribution in [0.5, 0.6) is 5.75 Å². The van der Waals surface area contributed by atoms with Crippen LogP contribution in [0.15, 0.2) is 42.5 Å². The van der Waals surface area contributed by atoms with Crippen molar-refractivity contribution in [3.05, 3.63) is 62.7 Å². The van der Waals surface area contributed by atoms with Crippen LogP contribution in [-0.2, 0) is 4.79 Å². The van der Waals surface area contributed by atoms with Crippen LogP contribution in [0, 0.1) is 20.2 Å². The molecular weight excluding hydrogens is 406 g/mol. The number of carbonyl (C=O) groups is 1. The minimum absolute atomic E-state index is 0.0359. The van der Waals surface area contributed by atoms with Gasteiger partial charge >= 0.3 is 0 Å². The molecule has 31 heavy (non-hydrogen) atoms. The number of hydrogen-bond donors (Lipinski definition) is 1. The van der Waals surface area contributed by atoms with Crippen molar-refractivity contribution >= 4 is 28.7 Å². The van der Waals surface area contributed by atoms with E-state index in [1.54, 1.807) is 19.1 Å². The number of nitrogens with one attached hydrogen (secondary N) is 1. The number of non-ortho nitro benzene ring substituents is 1. The van der Waals surface area contributed by atoms with E-state index in [2.05, 4.69) is 5.32 Å². The van der Waals surface area contributed by atoms with E-state index in [0.717, 1.165) is 5.69 Å². The first-order valence-corrected chi connectivity index (χ1v) is 9.67. The Hall–Kier alpha value is -3.73. The fourth-order valence-corrected chi connectivity index (χ4v) is 3.47. The molecule has 0 aromatic heterocycles. The fourth-order valence-electron chi connectivity index (χ4n) is 3.47. The van der Waals surface area contributed by atoms with Gasteiger partial charge in [-0.1, -0.05) is 6.07 Å². The molecule has 1 heterocycles. The van der Waals surface area contributed by atoms with Crippen LogP contribution in [0.25, 0.3) is 0 Å². The van der Waals surface area contributed by atoms with Crippen LogP contribution in [0.4, 0.5) is 22.7 Å². The Morgan fingerprint density at radius 2 is 1.77 bits per heavy atom. The summed E-state index contributed by atoms with van der Waals surface area (Å²) in [7, 11) is 1.41. The Balaban J connectivity index is 1.62. The molecule has 1 fully saturated rings. The Kier molecular flexibility index (Phi) is 6.65. The number of nitro benzene ring substituents is 2. The predicted molar refractivity (Wildman–Crippen MR) is 115 cm³/mol. The van der Waals surface area contributed by atoms with Gasteiger partial charge < -0.3 is 15.0 Å². The lowest BCUT2D eigenvalue weighted by atomic mass is 10.1. The van der Waals surface area contributed by atoms with Crippen molar-refractivity contribution in [3.8, 4) is 5.75 Å². The van der Waals surface area contributed by atoms with Gasteiger partial charge in [-0.25, -0.2) is 0 Å². The van der Waals surface area contributed by atoms with Crippen molar-refractivity contribution in [3.63, 3.8) is 0 Å². The molecule has 1 unspecified atom stereocenters. The molecule has 11 heteroatoms. The minimum Gasteiger partial charge on any atom is -0.496 e. The fraction of sp³-hybridized carbons (Fsp3) is 0.350. The molecule has 2 aromatic carbocycles. The van der Waals surface area contributed by atoms with E-state index < -0.39 is 15.9 Å². The molecule has 3 rings (SSSR count). The lowest BCUT2D eigenvalue weighted by molar-refractivity contribution is -0.384. The molecule has 1 N–H and O–H groups in total. The zero-order valence-electron chi connectivity index (χ0n) is 17.2. The average Bonchev–Trinajstić information content (AvgIpc) is 2.78. The number of rotatable bonds is 7. The van der Waals surface area contributed by atoms with E-state index >= 15 is 0 Å².